The number of nitro benzene ring substituents is 2. The van der Waals surface area contributed by atoms with Gasteiger partial charge in [0.25, 0.3) is 11.4 Å². The summed E-state index contributed by atoms with van der Waals surface area (Å²) in [6.07, 6.45) is -1.11. The molecular formula is C19H17N5O6. The lowest BCUT2D eigenvalue weighted by Crippen LogP contribution is -2.44. The number of Topliss-reactive ketones (excluding diaryl/α,β-unsaturated/α-hetero) is 1. The van der Waals surface area contributed by atoms with E-state index >= 15 is 0 Å². The standard InChI is InChI=1S/C19H17N5O6/c1-11-17(12(2)25)18(13-7-3-5-9-15(13)23(27)28)22(21-26)19(20-11)14-8-4-6-10-16(14)24(29)30/h3-10,18-20H,1-2H3/t18-,19-/m0/s1. The second-order valence-electron chi connectivity index (χ2n) is 6.64. The summed E-state index contributed by atoms with van der Waals surface area (Å²) >= 11 is 0. The van der Waals surface area contributed by atoms with E-state index in [1.165, 1.54) is 43.3 Å². The van der Waals surface area contributed by atoms with E-state index in [9.17, 15) is 29.9 Å². The molecule has 30 heavy (non-hydrogen) atoms. The Hall–Kier alpha value is -4.15. The zero-order valence-electron chi connectivity index (χ0n) is 16.0. The molecule has 11 nitrogen and oxygen atoms in total. The van der Waals surface area contributed by atoms with Crippen molar-refractivity contribution in [1.29, 1.82) is 0 Å². The average molecular weight is 411 g/mol. The van der Waals surface area contributed by atoms with Crippen LogP contribution < -0.4 is 5.32 Å². The number of ketones is 1. The van der Waals surface area contributed by atoms with E-state index < -0.39 is 27.8 Å². The molecule has 0 saturated carbocycles. The van der Waals surface area contributed by atoms with Crippen molar-refractivity contribution in [2.24, 2.45) is 5.29 Å². The highest BCUT2D eigenvalue weighted by Gasteiger charge is 2.43. The fourth-order valence-electron chi connectivity index (χ4n) is 3.67. The Balaban J connectivity index is 2.28. The number of allylic oxidation sites excluding steroid dienone is 1. The van der Waals surface area contributed by atoms with Gasteiger partial charge in [0.15, 0.2) is 11.9 Å². The smallest absolute Gasteiger partial charge is 0.276 e. The Morgan fingerprint density at radius 2 is 1.50 bits per heavy atom. The van der Waals surface area contributed by atoms with Gasteiger partial charge in [-0.15, -0.1) is 4.91 Å². The first-order valence-electron chi connectivity index (χ1n) is 8.84. The molecule has 0 aliphatic carbocycles. The van der Waals surface area contributed by atoms with Crippen molar-refractivity contribution in [1.82, 2.24) is 10.3 Å². The van der Waals surface area contributed by atoms with Crippen LogP contribution in [0.1, 0.15) is 37.2 Å². The number of nitro groups is 2. The summed E-state index contributed by atoms with van der Waals surface area (Å²) in [7, 11) is 0. The van der Waals surface area contributed by atoms with E-state index in [1.807, 2.05) is 0 Å². The zero-order chi connectivity index (χ0) is 22.0. The minimum absolute atomic E-state index is 0.0803. The summed E-state index contributed by atoms with van der Waals surface area (Å²) in [4.78, 5) is 46.2. The Morgan fingerprint density at radius 3 is 2.00 bits per heavy atom. The van der Waals surface area contributed by atoms with Gasteiger partial charge in [-0.25, -0.2) is 5.01 Å². The Kier molecular flexibility index (Phi) is 5.54. The lowest BCUT2D eigenvalue weighted by atomic mass is 9.89. The molecule has 0 radical (unpaired) electrons. The molecule has 2 atom stereocenters. The SMILES string of the molecule is CC(=O)C1=C(C)N[C@H](c2ccccc2[N+](=O)[O-])N(N=O)[C@H]1c1ccccc1[N+](=O)[O-]. The van der Waals surface area contributed by atoms with Crippen molar-refractivity contribution in [3.8, 4) is 0 Å². The van der Waals surface area contributed by atoms with Crippen molar-refractivity contribution in [2.45, 2.75) is 26.1 Å². The molecule has 0 spiro atoms. The summed E-state index contributed by atoms with van der Waals surface area (Å²) in [6, 6.07) is 10.3. The van der Waals surface area contributed by atoms with Crippen LogP contribution in [-0.4, -0.2) is 20.6 Å². The maximum atomic E-state index is 12.4. The number of rotatable bonds is 6. The summed E-state index contributed by atoms with van der Waals surface area (Å²) in [5, 5.41) is 29.9. The first-order chi connectivity index (χ1) is 14.3. The van der Waals surface area contributed by atoms with Crippen LogP contribution in [0.5, 0.6) is 0 Å². The molecule has 2 aromatic carbocycles. The van der Waals surface area contributed by atoms with E-state index in [-0.39, 0.29) is 28.1 Å². The molecule has 2 aromatic rings. The number of carbonyl (C=O) groups is 1. The van der Waals surface area contributed by atoms with Crippen molar-refractivity contribution in [3.05, 3.63) is 96.1 Å². The molecule has 0 bridgehead atoms. The highest BCUT2D eigenvalue weighted by Crippen LogP contribution is 2.44. The van der Waals surface area contributed by atoms with E-state index in [0.29, 0.717) is 5.70 Å². The molecule has 0 aromatic heterocycles. The maximum absolute atomic E-state index is 12.4. The molecule has 1 aliphatic rings. The summed E-state index contributed by atoms with van der Waals surface area (Å²) in [5.74, 6) is -0.419. The van der Waals surface area contributed by atoms with Crippen LogP contribution in [0.15, 0.2) is 65.1 Å². The van der Waals surface area contributed by atoms with E-state index in [0.717, 1.165) is 5.01 Å². The van der Waals surface area contributed by atoms with Gasteiger partial charge >= 0.3 is 0 Å². The van der Waals surface area contributed by atoms with Gasteiger partial charge in [-0.1, -0.05) is 24.3 Å². The monoisotopic (exact) mass is 411 g/mol. The molecule has 1 heterocycles. The van der Waals surface area contributed by atoms with E-state index in [2.05, 4.69) is 10.6 Å². The van der Waals surface area contributed by atoms with Gasteiger partial charge in [0.2, 0.25) is 0 Å². The molecule has 0 amide bonds. The second kappa shape index (κ2) is 8.07. The maximum Gasteiger partial charge on any atom is 0.276 e. The average Bonchev–Trinajstić information content (AvgIpc) is 2.72. The van der Waals surface area contributed by atoms with Crippen molar-refractivity contribution in [2.75, 3.05) is 0 Å². The number of nitroso groups, excluding NO2 is 1. The van der Waals surface area contributed by atoms with Crippen LogP contribution in [-0.2, 0) is 4.79 Å². The summed E-state index contributed by atoms with van der Waals surface area (Å²) in [6.45, 7) is 2.85. The molecular weight excluding hydrogens is 394 g/mol. The molecule has 3 rings (SSSR count). The van der Waals surface area contributed by atoms with Gasteiger partial charge in [-0.2, -0.15) is 0 Å². The van der Waals surface area contributed by atoms with E-state index in [4.69, 9.17) is 0 Å². The fraction of sp³-hybridized carbons (Fsp3) is 0.211. The number of nitrogens with zero attached hydrogens (tertiary/aromatic N) is 4. The predicted octanol–water partition coefficient (Wildman–Crippen LogP) is 3.69. The minimum Gasteiger partial charge on any atom is -0.363 e. The van der Waals surface area contributed by atoms with Crippen LogP contribution in [0, 0.1) is 25.1 Å². The molecule has 1 N–H and O–H groups in total. The second-order valence-corrected chi connectivity index (χ2v) is 6.64. The van der Waals surface area contributed by atoms with Gasteiger partial charge in [-0.3, -0.25) is 25.0 Å². The van der Waals surface area contributed by atoms with Crippen LogP contribution in [0.2, 0.25) is 0 Å². The summed E-state index contributed by atoms with van der Waals surface area (Å²) in [5.41, 5.74) is 0.103. The topological polar surface area (TPSA) is 148 Å². The molecule has 1 aliphatic heterocycles. The normalized spacial score (nSPS) is 18.5. The number of hydrogen-bond donors (Lipinski definition) is 1. The number of para-hydroxylation sites is 2. The first kappa shape index (κ1) is 20.6. The number of carbonyl (C=O) groups excluding carboxylic acids is 1. The van der Waals surface area contributed by atoms with Crippen molar-refractivity contribution >= 4 is 17.2 Å². The van der Waals surface area contributed by atoms with Crippen LogP contribution in [0.3, 0.4) is 0 Å². The third-order valence-electron chi connectivity index (χ3n) is 4.89. The summed E-state index contributed by atoms with van der Waals surface area (Å²) < 4.78 is 0. The lowest BCUT2D eigenvalue weighted by Gasteiger charge is -2.40. The zero-order valence-corrected chi connectivity index (χ0v) is 16.0. The third-order valence-corrected chi connectivity index (χ3v) is 4.89. The Morgan fingerprint density at radius 1 is 1.00 bits per heavy atom. The molecule has 0 unspecified atom stereocenters. The number of hydrogen-bond acceptors (Lipinski definition) is 8. The van der Waals surface area contributed by atoms with Crippen LogP contribution in [0.4, 0.5) is 11.4 Å². The largest absolute Gasteiger partial charge is 0.363 e. The van der Waals surface area contributed by atoms with Gasteiger partial charge in [0.05, 0.1) is 26.3 Å². The van der Waals surface area contributed by atoms with Crippen molar-refractivity contribution in [3.63, 3.8) is 0 Å². The first-order valence-corrected chi connectivity index (χ1v) is 8.84. The Labute approximate surface area is 170 Å². The lowest BCUT2D eigenvalue weighted by molar-refractivity contribution is -0.386. The quantitative estimate of drug-likeness (QED) is 0.430. The highest BCUT2D eigenvalue weighted by molar-refractivity contribution is 5.95. The molecule has 0 fully saturated rings. The van der Waals surface area contributed by atoms with Gasteiger partial charge in [0.1, 0.15) is 6.04 Å². The number of benzene rings is 2. The third kappa shape index (κ3) is 3.48. The van der Waals surface area contributed by atoms with Gasteiger partial charge in [0, 0.05) is 23.4 Å². The van der Waals surface area contributed by atoms with E-state index in [1.54, 1.807) is 19.1 Å². The van der Waals surface area contributed by atoms with Crippen molar-refractivity contribution < 1.29 is 14.6 Å². The fourth-order valence-corrected chi connectivity index (χ4v) is 3.67. The van der Waals surface area contributed by atoms with Gasteiger partial charge < -0.3 is 5.32 Å². The number of nitrogens with one attached hydrogen (secondary N) is 1. The minimum atomic E-state index is -1.20. The van der Waals surface area contributed by atoms with Gasteiger partial charge in [-0.05, 0) is 26.0 Å². The molecule has 0 saturated heterocycles. The highest BCUT2D eigenvalue weighted by atomic mass is 16.6. The molecule has 11 heteroatoms. The van der Waals surface area contributed by atoms with Crippen LogP contribution >= 0.6 is 0 Å². The predicted molar refractivity (Wildman–Crippen MR) is 106 cm³/mol. The molecule has 154 valence electrons. The van der Waals surface area contributed by atoms with Crippen LogP contribution in [0.25, 0.3) is 0 Å². The Bertz CT molecular complexity index is 1080.